The number of anilines is 2. The van der Waals surface area contributed by atoms with Crippen molar-refractivity contribution in [1.82, 2.24) is 0 Å². The number of carbonyl (C=O) groups is 2. The van der Waals surface area contributed by atoms with Crippen LogP contribution in [-0.2, 0) is 4.79 Å². The summed E-state index contributed by atoms with van der Waals surface area (Å²) in [6.45, 7) is -0.286. The van der Waals surface area contributed by atoms with Gasteiger partial charge in [-0.25, -0.2) is 4.39 Å². The summed E-state index contributed by atoms with van der Waals surface area (Å²) in [4.78, 5) is 25.4. The van der Waals surface area contributed by atoms with E-state index in [9.17, 15) is 14.0 Å². The molecule has 0 bridgehead atoms. The van der Waals surface area contributed by atoms with E-state index < -0.39 is 17.6 Å². The van der Waals surface area contributed by atoms with Crippen molar-refractivity contribution in [2.45, 2.75) is 0 Å². The van der Waals surface area contributed by atoms with E-state index in [1.54, 1.807) is 48.5 Å². The molecule has 2 amide bonds. The van der Waals surface area contributed by atoms with Gasteiger partial charge in [0.2, 0.25) is 5.76 Å². The molecule has 0 aliphatic heterocycles. The van der Waals surface area contributed by atoms with Gasteiger partial charge in [-0.15, -0.1) is 0 Å². The Morgan fingerprint density at radius 3 is 2.47 bits per heavy atom. The Hall–Kier alpha value is -4.33. The molecular weight excluding hydrogens is 415 g/mol. The molecule has 0 aliphatic carbocycles. The molecule has 1 aromatic heterocycles. The van der Waals surface area contributed by atoms with Gasteiger partial charge in [0.15, 0.2) is 6.61 Å². The second-order valence-electron chi connectivity index (χ2n) is 6.78. The number of carbonyl (C=O) groups excluding carboxylic acids is 2. The molecule has 0 fully saturated rings. The maximum atomic E-state index is 13.1. The number of halogens is 1. The van der Waals surface area contributed by atoms with Crippen molar-refractivity contribution >= 4 is 34.2 Å². The zero-order valence-electron chi connectivity index (χ0n) is 17.1. The summed E-state index contributed by atoms with van der Waals surface area (Å²) in [5, 5.41) is 5.89. The molecule has 162 valence electrons. The monoisotopic (exact) mass is 434 g/mol. The van der Waals surface area contributed by atoms with Crippen LogP contribution in [0.2, 0.25) is 0 Å². The molecule has 0 atom stereocenters. The first-order valence-electron chi connectivity index (χ1n) is 9.68. The number of benzene rings is 3. The molecule has 1 heterocycles. The molecule has 2 N–H and O–H groups in total. The van der Waals surface area contributed by atoms with Crippen LogP contribution in [0.25, 0.3) is 11.0 Å². The average molecular weight is 434 g/mol. The first-order valence-corrected chi connectivity index (χ1v) is 9.68. The predicted octanol–water partition coefficient (Wildman–Crippen LogP) is 4.85. The lowest BCUT2D eigenvalue weighted by Gasteiger charge is -2.09. The first-order chi connectivity index (χ1) is 15.5. The largest absolute Gasteiger partial charge is 0.497 e. The third-order valence-corrected chi connectivity index (χ3v) is 4.58. The molecule has 32 heavy (non-hydrogen) atoms. The number of rotatable bonds is 7. The fourth-order valence-corrected chi connectivity index (χ4v) is 3.07. The standard InChI is InChI=1S/C24H19FN2O5/c1-30-17-5-4-6-18(13-17)31-14-21(28)27-22-19-7-2-3-8-20(19)32-23(22)24(29)26-16-11-9-15(25)10-12-16/h2-13H,14H2,1H3,(H,26,29)(H,27,28). The smallest absolute Gasteiger partial charge is 0.293 e. The summed E-state index contributed by atoms with van der Waals surface area (Å²) in [6.07, 6.45) is 0. The van der Waals surface area contributed by atoms with Crippen LogP contribution in [0.5, 0.6) is 11.5 Å². The van der Waals surface area contributed by atoms with E-state index in [4.69, 9.17) is 13.9 Å². The molecule has 4 rings (SSSR count). The normalized spacial score (nSPS) is 10.6. The zero-order valence-corrected chi connectivity index (χ0v) is 17.1. The number of hydrogen-bond acceptors (Lipinski definition) is 5. The van der Waals surface area contributed by atoms with Gasteiger partial charge in [-0.05, 0) is 48.5 Å². The summed E-state index contributed by atoms with van der Waals surface area (Å²) in [6, 6.07) is 19.1. The minimum absolute atomic E-state index is 0.0785. The number of nitrogens with one attached hydrogen (secondary N) is 2. The molecule has 0 saturated carbocycles. The summed E-state index contributed by atoms with van der Waals surface area (Å²) < 4.78 is 29.5. The number of amides is 2. The summed E-state index contributed by atoms with van der Waals surface area (Å²) in [5.41, 5.74) is 1.04. The first kappa shape index (κ1) is 20.9. The van der Waals surface area contributed by atoms with Gasteiger partial charge in [0.1, 0.15) is 28.6 Å². The van der Waals surface area contributed by atoms with Crippen LogP contribution in [0.1, 0.15) is 10.6 Å². The highest BCUT2D eigenvalue weighted by Gasteiger charge is 2.22. The fraction of sp³-hybridized carbons (Fsp3) is 0.0833. The molecule has 7 nitrogen and oxygen atoms in total. The highest BCUT2D eigenvalue weighted by atomic mass is 19.1. The highest BCUT2D eigenvalue weighted by Crippen LogP contribution is 2.31. The van der Waals surface area contributed by atoms with Crippen LogP contribution in [-0.4, -0.2) is 25.5 Å². The molecule has 3 aromatic carbocycles. The van der Waals surface area contributed by atoms with Crippen LogP contribution < -0.4 is 20.1 Å². The molecule has 0 saturated heterocycles. The highest BCUT2D eigenvalue weighted by molar-refractivity contribution is 6.14. The lowest BCUT2D eigenvalue weighted by molar-refractivity contribution is -0.118. The Labute approximate surface area is 182 Å². The summed E-state index contributed by atoms with van der Waals surface area (Å²) in [5.74, 6) is -0.498. The molecule has 0 radical (unpaired) electrons. The van der Waals surface area contributed by atoms with Crippen molar-refractivity contribution in [2.24, 2.45) is 0 Å². The van der Waals surface area contributed by atoms with E-state index in [0.717, 1.165) is 0 Å². The number of furan rings is 1. The van der Waals surface area contributed by atoms with Crippen LogP contribution in [0, 0.1) is 5.82 Å². The van der Waals surface area contributed by atoms with Crippen LogP contribution in [0.4, 0.5) is 15.8 Å². The second kappa shape index (κ2) is 9.22. The number of hydrogen-bond donors (Lipinski definition) is 2. The lowest BCUT2D eigenvalue weighted by Crippen LogP contribution is -2.22. The Kier molecular flexibility index (Phi) is 6.03. The molecule has 0 aliphatic rings. The third-order valence-electron chi connectivity index (χ3n) is 4.58. The van der Waals surface area contributed by atoms with Crippen molar-refractivity contribution in [3.8, 4) is 11.5 Å². The van der Waals surface area contributed by atoms with Crippen LogP contribution in [0.3, 0.4) is 0 Å². The summed E-state index contributed by atoms with van der Waals surface area (Å²) >= 11 is 0. The van der Waals surface area contributed by atoms with Crippen molar-refractivity contribution in [1.29, 1.82) is 0 Å². The van der Waals surface area contributed by atoms with Crippen molar-refractivity contribution in [3.63, 3.8) is 0 Å². The fourth-order valence-electron chi connectivity index (χ4n) is 3.07. The average Bonchev–Trinajstić information content (AvgIpc) is 3.18. The maximum absolute atomic E-state index is 13.1. The van der Waals surface area contributed by atoms with Crippen molar-refractivity contribution in [2.75, 3.05) is 24.4 Å². The van der Waals surface area contributed by atoms with E-state index in [-0.39, 0.29) is 18.1 Å². The maximum Gasteiger partial charge on any atom is 0.293 e. The quantitative estimate of drug-likeness (QED) is 0.434. The molecule has 8 heteroatoms. The van der Waals surface area contributed by atoms with Gasteiger partial charge < -0.3 is 24.5 Å². The number of methoxy groups -OCH3 is 1. The lowest BCUT2D eigenvalue weighted by atomic mass is 10.2. The second-order valence-corrected chi connectivity index (χ2v) is 6.78. The van der Waals surface area contributed by atoms with Gasteiger partial charge in [-0.2, -0.15) is 0 Å². The van der Waals surface area contributed by atoms with Crippen molar-refractivity contribution < 1.29 is 27.9 Å². The molecule has 4 aromatic rings. The Bertz CT molecular complexity index is 1270. The minimum atomic E-state index is -0.586. The Morgan fingerprint density at radius 2 is 1.69 bits per heavy atom. The molecule has 0 spiro atoms. The zero-order chi connectivity index (χ0) is 22.5. The SMILES string of the molecule is COc1cccc(OCC(=O)Nc2c(C(=O)Nc3ccc(F)cc3)oc3ccccc23)c1. The number of fused-ring (bicyclic) bond motifs is 1. The van der Waals surface area contributed by atoms with Crippen LogP contribution in [0.15, 0.2) is 77.2 Å². The van der Waals surface area contributed by atoms with Crippen LogP contribution >= 0.6 is 0 Å². The predicted molar refractivity (Wildman–Crippen MR) is 118 cm³/mol. The van der Waals surface area contributed by atoms with Gasteiger partial charge >= 0.3 is 0 Å². The Morgan fingerprint density at radius 1 is 0.938 bits per heavy atom. The van der Waals surface area contributed by atoms with E-state index in [1.165, 1.54) is 31.4 Å². The third kappa shape index (κ3) is 4.70. The van der Waals surface area contributed by atoms with E-state index in [2.05, 4.69) is 10.6 Å². The number of ether oxygens (including phenoxy) is 2. The van der Waals surface area contributed by atoms with Gasteiger partial charge in [-0.1, -0.05) is 18.2 Å². The molecule has 0 unspecified atom stereocenters. The van der Waals surface area contributed by atoms with Crippen molar-refractivity contribution in [3.05, 3.63) is 84.4 Å². The summed E-state index contributed by atoms with van der Waals surface area (Å²) in [7, 11) is 1.54. The number of para-hydroxylation sites is 1. The molecular formula is C24H19FN2O5. The van der Waals surface area contributed by atoms with E-state index >= 15 is 0 Å². The van der Waals surface area contributed by atoms with E-state index in [0.29, 0.717) is 28.2 Å². The van der Waals surface area contributed by atoms with Gasteiger partial charge in [0, 0.05) is 17.1 Å². The van der Waals surface area contributed by atoms with E-state index in [1.807, 2.05) is 0 Å². The van der Waals surface area contributed by atoms with Gasteiger partial charge in [0.05, 0.1) is 7.11 Å². The minimum Gasteiger partial charge on any atom is -0.497 e. The topological polar surface area (TPSA) is 89.8 Å². The van der Waals surface area contributed by atoms with Gasteiger partial charge in [0.25, 0.3) is 11.8 Å². The Balaban J connectivity index is 1.53. The van der Waals surface area contributed by atoms with Gasteiger partial charge in [-0.3, -0.25) is 9.59 Å².